The van der Waals surface area contributed by atoms with Gasteiger partial charge in [0.25, 0.3) is 0 Å². The van der Waals surface area contributed by atoms with Crippen LogP contribution in [0.5, 0.6) is 0 Å². The fourth-order valence-electron chi connectivity index (χ4n) is 2.92. The zero-order valence-corrected chi connectivity index (χ0v) is 15.9. The number of hydrogen-bond donors (Lipinski definition) is 2. The van der Waals surface area contributed by atoms with Gasteiger partial charge in [-0.1, -0.05) is 60.7 Å². The van der Waals surface area contributed by atoms with E-state index in [0.29, 0.717) is 0 Å². The molecule has 0 spiro atoms. The molecule has 0 radical (unpaired) electrons. The van der Waals surface area contributed by atoms with Gasteiger partial charge in [0, 0.05) is 11.1 Å². The van der Waals surface area contributed by atoms with Crippen LogP contribution >= 0.6 is 0 Å². The number of carboxylic acid groups (broad SMARTS) is 2. The van der Waals surface area contributed by atoms with Crippen LogP contribution in [0.3, 0.4) is 0 Å². The van der Waals surface area contributed by atoms with Crippen molar-refractivity contribution < 1.29 is 48.9 Å². The van der Waals surface area contributed by atoms with E-state index in [1.54, 1.807) is 12.1 Å². The number of carbonyl (C=O) groups excluding carboxylic acids is 2. The molecule has 30 heavy (non-hydrogen) atoms. The number of carbonyl (C=O) groups is 4. The van der Waals surface area contributed by atoms with Gasteiger partial charge in [-0.2, -0.15) is 0 Å². The van der Waals surface area contributed by atoms with Crippen LogP contribution in [0.2, 0.25) is 0 Å². The Morgan fingerprint density at radius 3 is 1.17 bits per heavy atom. The first-order chi connectivity index (χ1) is 14.3. The lowest BCUT2D eigenvalue weighted by atomic mass is 9.73. The maximum atomic E-state index is 13.3. The van der Waals surface area contributed by atoms with E-state index >= 15 is 0 Å². The molecular weight excluding hydrogens is 400 g/mol. The van der Waals surface area contributed by atoms with Crippen molar-refractivity contribution in [2.45, 2.75) is 11.2 Å². The molecule has 0 aliphatic carbocycles. The summed E-state index contributed by atoms with van der Waals surface area (Å²) in [6.07, 6.45) is 0. The molecule has 10 heteroatoms. The van der Waals surface area contributed by atoms with Gasteiger partial charge in [-0.25, -0.2) is 29.1 Å². The molecule has 0 amide bonds. The van der Waals surface area contributed by atoms with E-state index in [1.807, 2.05) is 0 Å². The predicted octanol–water partition coefficient (Wildman–Crippen LogP) is 1.55. The van der Waals surface area contributed by atoms with Crippen molar-refractivity contribution in [1.82, 2.24) is 0 Å². The first kappa shape index (κ1) is 22.8. The maximum absolute atomic E-state index is 13.3. The molecule has 2 N–H and O–H groups in total. The van der Waals surface area contributed by atoms with Crippen molar-refractivity contribution in [1.29, 1.82) is 0 Å². The standard InChI is InChI=1S/C20H18O10/c1-27-29-19(17(23)24,15(21)13-9-5-3-6-10-13)20(18(25)26,30-28-2)16(22)14-11-7-4-8-12-14/h3-12H,1-2H3,(H,23,24)(H,25,26). The van der Waals surface area contributed by atoms with Gasteiger partial charge in [-0.3, -0.25) is 9.59 Å². The van der Waals surface area contributed by atoms with Gasteiger partial charge in [0.05, 0.1) is 14.2 Å². The fraction of sp³-hybridized carbons (Fsp3) is 0.200. The van der Waals surface area contributed by atoms with Crippen LogP contribution in [0.1, 0.15) is 20.7 Å². The molecule has 158 valence electrons. The largest absolute Gasteiger partial charge is 0.479 e. The molecule has 10 nitrogen and oxygen atoms in total. The van der Waals surface area contributed by atoms with E-state index in [1.165, 1.54) is 48.5 Å². The van der Waals surface area contributed by atoms with E-state index < -0.39 is 34.7 Å². The number of Topliss-reactive ketones (excluding diaryl/α,β-unsaturated/α-hetero) is 2. The van der Waals surface area contributed by atoms with Gasteiger partial charge < -0.3 is 10.2 Å². The van der Waals surface area contributed by atoms with Crippen LogP contribution in [-0.2, 0) is 29.1 Å². The normalized spacial score (nSPS) is 14.9. The van der Waals surface area contributed by atoms with Crippen LogP contribution in [0.25, 0.3) is 0 Å². The Bertz CT molecular complexity index is 850. The average Bonchev–Trinajstić information content (AvgIpc) is 2.76. The highest BCUT2D eigenvalue weighted by molar-refractivity contribution is 6.28. The highest BCUT2D eigenvalue weighted by atomic mass is 17.2. The SMILES string of the molecule is COOC(C(=O)O)(C(=O)c1ccccc1)C(OOC)(C(=O)O)C(=O)c1ccccc1. The smallest absolute Gasteiger partial charge is 0.352 e. The van der Waals surface area contributed by atoms with E-state index in [4.69, 9.17) is 9.78 Å². The molecule has 0 aliphatic heterocycles. The molecular formula is C20H18O10. The second-order valence-corrected chi connectivity index (χ2v) is 5.86. The number of carboxylic acids is 2. The molecule has 0 aliphatic rings. The first-order valence-corrected chi connectivity index (χ1v) is 8.39. The Morgan fingerprint density at radius 1 is 0.633 bits per heavy atom. The number of rotatable bonds is 11. The minimum Gasteiger partial charge on any atom is -0.479 e. The van der Waals surface area contributed by atoms with Gasteiger partial charge in [0.15, 0.2) is 0 Å². The molecule has 2 aromatic carbocycles. The molecule has 2 rings (SSSR count). The Hall–Kier alpha value is -3.44. The van der Waals surface area contributed by atoms with Crippen LogP contribution in [0.15, 0.2) is 60.7 Å². The highest BCUT2D eigenvalue weighted by Gasteiger charge is 2.76. The van der Waals surface area contributed by atoms with Crippen molar-refractivity contribution in [3.8, 4) is 0 Å². The number of aliphatic carboxylic acids is 2. The summed E-state index contributed by atoms with van der Waals surface area (Å²) in [4.78, 5) is 69.9. The fourth-order valence-corrected chi connectivity index (χ4v) is 2.92. The van der Waals surface area contributed by atoms with Gasteiger partial charge in [-0.15, -0.1) is 0 Å². The van der Waals surface area contributed by atoms with E-state index in [-0.39, 0.29) is 11.1 Å². The van der Waals surface area contributed by atoms with Gasteiger partial charge in [0.2, 0.25) is 11.6 Å². The van der Waals surface area contributed by atoms with E-state index in [0.717, 1.165) is 14.2 Å². The van der Waals surface area contributed by atoms with Gasteiger partial charge >= 0.3 is 23.1 Å². The molecule has 0 aromatic heterocycles. The highest BCUT2D eigenvalue weighted by Crippen LogP contribution is 2.38. The molecule has 0 heterocycles. The van der Waals surface area contributed by atoms with Crippen LogP contribution in [0, 0.1) is 0 Å². The Morgan fingerprint density at radius 2 is 0.933 bits per heavy atom. The molecule has 2 atom stereocenters. The van der Waals surface area contributed by atoms with E-state index in [2.05, 4.69) is 9.78 Å². The van der Waals surface area contributed by atoms with Crippen LogP contribution in [-0.4, -0.2) is 59.1 Å². The number of benzene rings is 2. The second-order valence-electron chi connectivity index (χ2n) is 5.86. The summed E-state index contributed by atoms with van der Waals surface area (Å²) in [5.74, 6) is -7.13. The summed E-state index contributed by atoms with van der Waals surface area (Å²) >= 11 is 0. The van der Waals surface area contributed by atoms with Crippen molar-refractivity contribution >= 4 is 23.5 Å². The average molecular weight is 418 g/mol. The first-order valence-electron chi connectivity index (χ1n) is 8.39. The minimum atomic E-state index is -3.52. The van der Waals surface area contributed by atoms with Crippen molar-refractivity contribution in [2.24, 2.45) is 0 Å². The lowest BCUT2D eigenvalue weighted by molar-refractivity contribution is -0.398. The molecule has 0 saturated carbocycles. The monoisotopic (exact) mass is 418 g/mol. The Kier molecular flexibility index (Phi) is 7.14. The van der Waals surface area contributed by atoms with Gasteiger partial charge in [0.1, 0.15) is 0 Å². The zero-order chi connectivity index (χ0) is 22.4. The minimum absolute atomic E-state index is 0.275. The van der Waals surface area contributed by atoms with Gasteiger partial charge in [-0.05, 0) is 0 Å². The predicted molar refractivity (Wildman–Crippen MR) is 98.5 cm³/mol. The topological polar surface area (TPSA) is 146 Å². The lowest BCUT2D eigenvalue weighted by Crippen LogP contribution is -2.73. The number of ketones is 2. The third kappa shape index (κ3) is 3.60. The third-order valence-corrected chi connectivity index (χ3v) is 4.23. The van der Waals surface area contributed by atoms with Crippen molar-refractivity contribution in [2.75, 3.05) is 14.2 Å². The summed E-state index contributed by atoms with van der Waals surface area (Å²) in [7, 11) is 1.70. The van der Waals surface area contributed by atoms with Crippen LogP contribution < -0.4 is 0 Å². The third-order valence-electron chi connectivity index (χ3n) is 4.23. The number of hydrogen-bond acceptors (Lipinski definition) is 8. The van der Waals surface area contributed by atoms with Crippen molar-refractivity contribution in [3.63, 3.8) is 0 Å². The molecule has 0 bridgehead atoms. The summed E-state index contributed by atoms with van der Waals surface area (Å²) in [6.45, 7) is 0. The maximum Gasteiger partial charge on any atom is 0.352 e. The lowest BCUT2D eigenvalue weighted by Gasteiger charge is -2.38. The zero-order valence-electron chi connectivity index (χ0n) is 15.9. The summed E-state index contributed by atoms with van der Waals surface area (Å²) in [5.41, 5.74) is -7.58. The molecule has 0 saturated heterocycles. The van der Waals surface area contributed by atoms with Crippen molar-refractivity contribution in [3.05, 3.63) is 71.8 Å². The van der Waals surface area contributed by atoms with E-state index in [9.17, 15) is 29.4 Å². The quantitative estimate of drug-likeness (QED) is 0.238. The second kappa shape index (κ2) is 9.37. The Labute approximate surface area is 170 Å². The molecule has 2 unspecified atom stereocenters. The molecule has 2 aromatic rings. The molecule has 0 fully saturated rings. The van der Waals surface area contributed by atoms with Crippen LogP contribution in [0.4, 0.5) is 0 Å². The summed E-state index contributed by atoms with van der Waals surface area (Å²) in [6, 6.07) is 13.6. The summed E-state index contributed by atoms with van der Waals surface area (Å²) in [5, 5.41) is 20.0. The summed E-state index contributed by atoms with van der Waals surface area (Å²) < 4.78 is 0. The Balaban J connectivity index is 2.91.